The number of nitriles is 1. The summed E-state index contributed by atoms with van der Waals surface area (Å²) in [7, 11) is 1.64. The quantitative estimate of drug-likeness (QED) is 0.515. The third-order valence-electron chi connectivity index (χ3n) is 4.20. The minimum atomic E-state index is 0.273. The number of hydrogen-bond donors (Lipinski definition) is 1. The van der Waals surface area contributed by atoms with Gasteiger partial charge in [0.05, 0.1) is 31.6 Å². The molecule has 0 unspecified atom stereocenters. The molecule has 0 radical (unpaired) electrons. The van der Waals surface area contributed by atoms with Gasteiger partial charge in [-0.1, -0.05) is 23.7 Å². The van der Waals surface area contributed by atoms with E-state index in [1.165, 1.54) is 0 Å². The number of anilines is 2. The number of nitrogens with one attached hydrogen (secondary N) is 1. The van der Waals surface area contributed by atoms with Crippen LogP contribution in [0.15, 0.2) is 54.9 Å². The molecule has 0 fully saturated rings. The highest BCUT2D eigenvalue weighted by molar-refractivity contribution is 6.33. The van der Waals surface area contributed by atoms with E-state index < -0.39 is 0 Å². The van der Waals surface area contributed by atoms with Gasteiger partial charge in [-0.25, -0.2) is 4.98 Å². The predicted octanol–water partition coefficient (Wildman–Crippen LogP) is 4.15. The van der Waals surface area contributed by atoms with Crippen molar-refractivity contribution in [2.75, 3.05) is 12.4 Å². The van der Waals surface area contributed by atoms with Crippen LogP contribution >= 0.6 is 11.6 Å². The van der Waals surface area contributed by atoms with Crippen molar-refractivity contribution in [3.63, 3.8) is 0 Å². The molecule has 7 nitrogen and oxygen atoms in total. The summed E-state index contributed by atoms with van der Waals surface area (Å²) in [5.41, 5.74) is 3.59. The van der Waals surface area contributed by atoms with Crippen molar-refractivity contribution in [3.8, 4) is 11.8 Å². The van der Waals surface area contributed by atoms with E-state index in [-0.39, 0.29) is 5.15 Å². The van der Waals surface area contributed by atoms with Gasteiger partial charge in [-0.15, -0.1) is 0 Å². The van der Waals surface area contributed by atoms with E-state index in [0.29, 0.717) is 29.2 Å². The van der Waals surface area contributed by atoms with Crippen LogP contribution in [0.3, 0.4) is 0 Å². The number of fused-ring (bicyclic) bond motifs is 1. The fourth-order valence-electron chi connectivity index (χ4n) is 2.77. The van der Waals surface area contributed by atoms with Crippen LogP contribution in [-0.2, 0) is 6.54 Å². The maximum absolute atomic E-state index is 8.90. The van der Waals surface area contributed by atoms with Crippen molar-refractivity contribution in [1.82, 2.24) is 19.5 Å². The highest BCUT2D eigenvalue weighted by atomic mass is 35.5. The highest BCUT2D eigenvalue weighted by Crippen LogP contribution is 2.23. The Morgan fingerprint density at radius 1 is 1.11 bits per heavy atom. The normalized spacial score (nSPS) is 10.6. The van der Waals surface area contributed by atoms with Crippen LogP contribution in [0.25, 0.3) is 11.2 Å². The zero-order valence-corrected chi connectivity index (χ0v) is 15.7. The second-order valence-corrected chi connectivity index (χ2v) is 6.40. The van der Waals surface area contributed by atoms with Crippen molar-refractivity contribution >= 4 is 34.4 Å². The first-order valence-corrected chi connectivity index (χ1v) is 8.82. The Balaban J connectivity index is 1.64. The summed E-state index contributed by atoms with van der Waals surface area (Å²) in [6, 6.07) is 16.9. The third kappa shape index (κ3) is 3.59. The minimum Gasteiger partial charge on any atom is -0.497 e. The fraction of sp³-hybridized carbons (Fsp3) is 0.100. The van der Waals surface area contributed by atoms with Crippen LogP contribution in [0, 0.1) is 11.3 Å². The first-order chi connectivity index (χ1) is 13.7. The molecule has 28 heavy (non-hydrogen) atoms. The lowest BCUT2D eigenvalue weighted by atomic mass is 10.2. The van der Waals surface area contributed by atoms with E-state index in [2.05, 4.69) is 26.3 Å². The second-order valence-electron chi connectivity index (χ2n) is 6.04. The molecule has 1 N–H and O–H groups in total. The van der Waals surface area contributed by atoms with Crippen molar-refractivity contribution in [3.05, 3.63) is 71.1 Å². The van der Waals surface area contributed by atoms with E-state index in [1.807, 2.05) is 28.8 Å². The molecule has 4 aromatic rings. The first-order valence-electron chi connectivity index (χ1n) is 8.45. The summed E-state index contributed by atoms with van der Waals surface area (Å²) in [6.45, 7) is 0.587. The van der Waals surface area contributed by atoms with Gasteiger partial charge >= 0.3 is 0 Å². The Bertz CT molecular complexity index is 1160. The number of methoxy groups -OCH3 is 1. The van der Waals surface area contributed by atoms with E-state index in [0.717, 1.165) is 17.0 Å². The number of rotatable bonds is 5. The summed E-state index contributed by atoms with van der Waals surface area (Å²) in [6.07, 6.45) is 1.70. The zero-order chi connectivity index (χ0) is 19.5. The molecule has 0 saturated carbocycles. The van der Waals surface area contributed by atoms with Gasteiger partial charge in [-0.05, 0) is 42.0 Å². The SMILES string of the molecule is COc1ccc(Cn2cnc3c(Cl)nc(Nc4ccc(C#N)cc4)nc32)cc1. The number of halogens is 1. The van der Waals surface area contributed by atoms with Crippen LogP contribution in [0.1, 0.15) is 11.1 Å². The Morgan fingerprint density at radius 2 is 1.86 bits per heavy atom. The third-order valence-corrected chi connectivity index (χ3v) is 4.47. The lowest BCUT2D eigenvalue weighted by Crippen LogP contribution is -2.03. The van der Waals surface area contributed by atoms with E-state index in [9.17, 15) is 0 Å². The predicted molar refractivity (Wildman–Crippen MR) is 107 cm³/mol. The number of imidazole rings is 1. The number of nitrogens with zero attached hydrogens (tertiary/aromatic N) is 5. The second kappa shape index (κ2) is 7.55. The number of aromatic nitrogens is 4. The molecule has 0 spiro atoms. The highest BCUT2D eigenvalue weighted by Gasteiger charge is 2.12. The van der Waals surface area contributed by atoms with E-state index in [4.69, 9.17) is 21.6 Å². The van der Waals surface area contributed by atoms with Gasteiger partial charge in [0, 0.05) is 5.69 Å². The molecule has 8 heteroatoms. The molecule has 0 aliphatic carbocycles. The number of benzene rings is 2. The maximum Gasteiger partial charge on any atom is 0.230 e. The van der Waals surface area contributed by atoms with Gasteiger partial charge in [0.1, 0.15) is 11.3 Å². The van der Waals surface area contributed by atoms with Crippen LogP contribution in [0.5, 0.6) is 5.75 Å². The molecule has 138 valence electrons. The molecule has 0 aliphatic heterocycles. The maximum atomic E-state index is 8.90. The standard InChI is InChI=1S/C20H15ClN6O/c1-28-16-8-4-14(5-9-16)11-27-12-23-17-18(21)25-20(26-19(17)27)24-15-6-2-13(10-22)3-7-15/h2-9,12H,11H2,1H3,(H,24,25,26). The lowest BCUT2D eigenvalue weighted by molar-refractivity contribution is 0.414. The Kier molecular flexibility index (Phi) is 4.79. The van der Waals surface area contributed by atoms with Gasteiger partial charge in [-0.3, -0.25) is 0 Å². The molecule has 0 bridgehead atoms. The average molecular weight is 391 g/mol. The van der Waals surface area contributed by atoms with E-state index in [1.54, 1.807) is 37.7 Å². The van der Waals surface area contributed by atoms with Crippen molar-refractivity contribution in [1.29, 1.82) is 5.26 Å². The van der Waals surface area contributed by atoms with E-state index >= 15 is 0 Å². The Hall–Kier alpha value is -3.63. The summed E-state index contributed by atoms with van der Waals surface area (Å²) in [5, 5.41) is 12.3. The van der Waals surface area contributed by atoms with Gasteiger partial charge in [0.15, 0.2) is 10.8 Å². The molecule has 2 heterocycles. The topological polar surface area (TPSA) is 88.6 Å². The molecule has 2 aromatic carbocycles. The molecule has 0 amide bonds. The molecule has 0 saturated heterocycles. The van der Waals surface area contributed by atoms with Crippen LogP contribution in [0.4, 0.5) is 11.6 Å². The fourth-order valence-corrected chi connectivity index (χ4v) is 2.98. The summed E-state index contributed by atoms with van der Waals surface area (Å²) >= 11 is 6.31. The Morgan fingerprint density at radius 3 is 2.54 bits per heavy atom. The van der Waals surface area contributed by atoms with Gasteiger partial charge < -0.3 is 14.6 Å². The van der Waals surface area contributed by atoms with Crippen molar-refractivity contribution < 1.29 is 4.74 Å². The molecule has 2 aromatic heterocycles. The molecular weight excluding hydrogens is 376 g/mol. The molecule has 4 rings (SSSR count). The largest absolute Gasteiger partial charge is 0.497 e. The zero-order valence-electron chi connectivity index (χ0n) is 14.9. The minimum absolute atomic E-state index is 0.273. The monoisotopic (exact) mass is 390 g/mol. The molecule has 0 aliphatic rings. The molecule has 0 atom stereocenters. The summed E-state index contributed by atoms with van der Waals surface area (Å²) < 4.78 is 7.11. The Labute approximate surface area is 166 Å². The van der Waals surface area contributed by atoms with Gasteiger partial charge in [-0.2, -0.15) is 15.2 Å². The van der Waals surface area contributed by atoms with Crippen molar-refractivity contribution in [2.24, 2.45) is 0 Å². The number of ether oxygens (including phenoxy) is 1. The van der Waals surface area contributed by atoms with Gasteiger partial charge in [0.2, 0.25) is 5.95 Å². The lowest BCUT2D eigenvalue weighted by Gasteiger charge is -2.08. The summed E-state index contributed by atoms with van der Waals surface area (Å²) in [4.78, 5) is 13.2. The van der Waals surface area contributed by atoms with Crippen LogP contribution < -0.4 is 10.1 Å². The van der Waals surface area contributed by atoms with Crippen LogP contribution in [-0.4, -0.2) is 26.6 Å². The average Bonchev–Trinajstić information content (AvgIpc) is 3.12. The first kappa shape index (κ1) is 17.8. The smallest absolute Gasteiger partial charge is 0.230 e. The van der Waals surface area contributed by atoms with Crippen molar-refractivity contribution in [2.45, 2.75) is 6.54 Å². The number of hydrogen-bond acceptors (Lipinski definition) is 6. The van der Waals surface area contributed by atoms with Crippen LogP contribution in [0.2, 0.25) is 5.15 Å². The molecular formula is C20H15ClN6O. The van der Waals surface area contributed by atoms with Gasteiger partial charge in [0.25, 0.3) is 0 Å². The summed E-state index contributed by atoms with van der Waals surface area (Å²) in [5.74, 6) is 1.16.